The predicted molar refractivity (Wildman–Crippen MR) is 80.8 cm³/mol. The summed E-state index contributed by atoms with van der Waals surface area (Å²) in [6, 6.07) is 8.06. The summed E-state index contributed by atoms with van der Waals surface area (Å²) in [4.78, 5) is 0. The van der Waals surface area contributed by atoms with Gasteiger partial charge in [-0.15, -0.1) is 0 Å². The summed E-state index contributed by atoms with van der Waals surface area (Å²) >= 11 is 3.52. The average molecular weight is 314 g/mol. The molecule has 3 heteroatoms. The van der Waals surface area contributed by atoms with Crippen molar-refractivity contribution < 1.29 is 5.11 Å². The summed E-state index contributed by atoms with van der Waals surface area (Å²) in [5.41, 5.74) is 0.573. The number of halogens is 1. The summed E-state index contributed by atoms with van der Waals surface area (Å²) in [7, 11) is 0. The van der Waals surface area contributed by atoms with Crippen LogP contribution in [0.4, 0.5) is 0 Å². The lowest BCUT2D eigenvalue weighted by Gasteiger charge is -2.27. The molecule has 0 saturated carbocycles. The van der Waals surface area contributed by atoms with E-state index in [-0.39, 0.29) is 5.54 Å². The Morgan fingerprint density at radius 2 is 1.78 bits per heavy atom. The second-order valence-corrected chi connectivity index (χ2v) is 7.05. The molecule has 1 unspecified atom stereocenters. The van der Waals surface area contributed by atoms with Crippen LogP contribution in [-0.2, 0) is 6.42 Å². The molecule has 1 rings (SSSR count). The minimum Gasteiger partial charge on any atom is -0.390 e. The zero-order valence-corrected chi connectivity index (χ0v) is 13.3. The molecule has 102 valence electrons. The van der Waals surface area contributed by atoms with Crippen LogP contribution in [0.15, 0.2) is 28.7 Å². The van der Waals surface area contributed by atoms with Crippen molar-refractivity contribution in [2.75, 3.05) is 6.54 Å². The van der Waals surface area contributed by atoms with E-state index >= 15 is 0 Å². The van der Waals surface area contributed by atoms with Crippen LogP contribution in [0, 0.1) is 0 Å². The van der Waals surface area contributed by atoms with Gasteiger partial charge < -0.3 is 10.4 Å². The maximum Gasteiger partial charge on any atom is 0.0672 e. The van der Waals surface area contributed by atoms with E-state index in [9.17, 15) is 5.11 Å². The molecule has 0 aromatic heterocycles. The van der Waals surface area contributed by atoms with Crippen LogP contribution in [0.3, 0.4) is 0 Å². The van der Waals surface area contributed by atoms with Crippen molar-refractivity contribution in [3.63, 3.8) is 0 Å². The van der Waals surface area contributed by atoms with Crippen molar-refractivity contribution in [1.82, 2.24) is 5.32 Å². The van der Waals surface area contributed by atoms with Gasteiger partial charge in [0, 0.05) is 16.4 Å². The molecule has 0 saturated heterocycles. The molecule has 0 amide bonds. The molecule has 18 heavy (non-hydrogen) atoms. The second-order valence-electron chi connectivity index (χ2n) is 6.19. The van der Waals surface area contributed by atoms with E-state index in [1.54, 1.807) is 0 Å². The average Bonchev–Trinajstić information content (AvgIpc) is 2.18. The smallest absolute Gasteiger partial charge is 0.0672 e. The lowest BCUT2D eigenvalue weighted by Crippen LogP contribution is -2.40. The highest BCUT2D eigenvalue weighted by Crippen LogP contribution is 2.23. The van der Waals surface area contributed by atoms with Crippen LogP contribution >= 0.6 is 15.9 Å². The molecule has 0 fully saturated rings. The second kappa shape index (κ2) is 6.18. The molecule has 0 radical (unpaired) electrons. The Hall–Kier alpha value is -0.380. The van der Waals surface area contributed by atoms with Crippen LogP contribution in [0.5, 0.6) is 0 Å². The van der Waals surface area contributed by atoms with Crippen LogP contribution in [-0.4, -0.2) is 22.8 Å². The van der Waals surface area contributed by atoms with E-state index in [1.807, 2.05) is 25.1 Å². The Morgan fingerprint density at radius 1 is 1.17 bits per heavy atom. The zero-order valence-electron chi connectivity index (χ0n) is 11.8. The minimum absolute atomic E-state index is 0.101. The molecule has 1 atom stereocenters. The first-order valence-electron chi connectivity index (χ1n) is 6.40. The van der Waals surface area contributed by atoms with Crippen molar-refractivity contribution in [3.05, 3.63) is 34.3 Å². The quantitative estimate of drug-likeness (QED) is 0.871. The summed E-state index contributed by atoms with van der Waals surface area (Å²) in [5, 5.41) is 13.8. The van der Waals surface area contributed by atoms with Crippen molar-refractivity contribution >= 4 is 15.9 Å². The molecule has 1 aromatic carbocycles. The predicted octanol–water partition coefficient (Wildman–Crippen LogP) is 3.52. The Labute approximate surface area is 119 Å². The molecule has 2 nitrogen and oxygen atoms in total. The molecule has 0 aliphatic carbocycles. The summed E-state index contributed by atoms with van der Waals surface area (Å²) in [6.07, 6.45) is 1.41. The van der Waals surface area contributed by atoms with Gasteiger partial charge in [-0.2, -0.15) is 0 Å². The monoisotopic (exact) mass is 313 g/mol. The Morgan fingerprint density at radius 3 is 2.33 bits per heavy atom. The van der Waals surface area contributed by atoms with Gasteiger partial charge in [0.05, 0.1) is 5.60 Å². The SMILES string of the molecule is CC(O)(CCNC(C)(C)C)Cc1ccccc1Br. The largest absolute Gasteiger partial charge is 0.390 e. The van der Waals surface area contributed by atoms with Crippen LogP contribution in [0.1, 0.15) is 39.7 Å². The lowest BCUT2D eigenvalue weighted by atomic mass is 9.93. The Bertz CT molecular complexity index is 382. The van der Waals surface area contributed by atoms with E-state index in [1.165, 1.54) is 0 Å². The van der Waals surface area contributed by atoms with E-state index < -0.39 is 5.60 Å². The third kappa shape index (κ3) is 5.98. The summed E-state index contributed by atoms with van der Waals surface area (Å²) < 4.78 is 1.06. The van der Waals surface area contributed by atoms with Gasteiger partial charge in [0.2, 0.25) is 0 Å². The third-order valence-corrected chi connectivity index (χ3v) is 3.62. The highest BCUT2D eigenvalue weighted by atomic mass is 79.9. The maximum atomic E-state index is 10.4. The molecule has 1 aromatic rings. The number of hydrogen-bond acceptors (Lipinski definition) is 2. The Balaban J connectivity index is 2.52. The zero-order chi connectivity index (χ0) is 13.8. The number of hydrogen-bond donors (Lipinski definition) is 2. The molecular formula is C15H24BrNO. The van der Waals surface area contributed by atoms with E-state index in [0.717, 1.165) is 23.0 Å². The maximum absolute atomic E-state index is 10.4. The fourth-order valence-electron chi connectivity index (χ4n) is 1.85. The van der Waals surface area contributed by atoms with Crippen molar-refractivity contribution in [2.24, 2.45) is 0 Å². The molecule has 0 bridgehead atoms. The molecule has 2 N–H and O–H groups in total. The van der Waals surface area contributed by atoms with Gasteiger partial charge in [-0.25, -0.2) is 0 Å². The van der Waals surface area contributed by atoms with Crippen molar-refractivity contribution in [3.8, 4) is 0 Å². The number of aliphatic hydroxyl groups is 1. The topological polar surface area (TPSA) is 32.3 Å². The van der Waals surface area contributed by atoms with Crippen molar-refractivity contribution in [2.45, 2.75) is 51.7 Å². The fourth-order valence-corrected chi connectivity index (χ4v) is 2.27. The lowest BCUT2D eigenvalue weighted by molar-refractivity contribution is 0.0498. The van der Waals surface area contributed by atoms with E-state index in [0.29, 0.717) is 6.42 Å². The highest BCUT2D eigenvalue weighted by Gasteiger charge is 2.22. The molecule has 0 aliphatic heterocycles. The first-order chi connectivity index (χ1) is 8.20. The van der Waals surface area contributed by atoms with Gasteiger partial charge >= 0.3 is 0 Å². The molecule has 0 aliphatic rings. The number of rotatable bonds is 5. The third-order valence-electron chi connectivity index (χ3n) is 2.85. The van der Waals surface area contributed by atoms with Gasteiger partial charge in [-0.05, 0) is 52.3 Å². The van der Waals surface area contributed by atoms with Crippen LogP contribution < -0.4 is 5.32 Å². The summed E-state index contributed by atoms with van der Waals surface area (Å²) in [5.74, 6) is 0. The van der Waals surface area contributed by atoms with E-state index in [2.05, 4.69) is 48.1 Å². The van der Waals surface area contributed by atoms with Crippen LogP contribution in [0.25, 0.3) is 0 Å². The van der Waals surface area contributed by atoms with Crippen molar-refractivity contribution in [1.29, 1.82) is 0 Å². The Kier molecular flexibility index (Phi) is 5.38. The minimum atomic E-state index is -0.678. The molecular weight excluding hydrogens is 290 g/mol. The van der Waals surface area contributed by atoms with Gasteiger partial charge in [0.15, 0.2) is 0 Å². The van der Waals surface area contributed by atoms with Gasteiger partial charge in [0.25, 0.3) is 0 Å². The highest BCUT2D eigenvalue weighted by molar-refractivity contribution is 9.10. The van der Waals surface area contributed by atoms with E-state index in [4.69, 9.17) is 0 Å². The molecule has 0 spiro atoms. The standard InChI is InChI=1S/C15H24BrNO/c1-14(2,3)17-10-9-15(4,18)11-12-7-5-6-8-13(12)16/h5-8,17-18H,9-11H2,1-4H3. The van der Waals surface area contributed by atoms with Gasteiger partial charge in [0.1, 0.15) is 0 Å². The molecule has 0 heterocycles. The summed E-state index contributed by atoms with van der Waals surface area (Å²) in [6.45, 7) is 9.12. The number of benzene rings is 1. The fraction of sp³-hybridized carbons (Fsp3) is 0.600. The van der Waals surface area contributed by atoms with Gasteiger partial charge in [-0.1, -0.05) is 34.1 Å². The normalized spacial score (nSPS) is 15.4. The van der Waals surface area contributed by atoms with Crippen LogP contribution in [0.2, 0.25) is 0 Å². The first kappa shape index (κ1) is 15.7. The first-order valence-corrected chi connectivity index (χ1v) is 7.20. The van der Waals surface area contributed by atoms with Gasteiger partial charge in [-0.3, -0.25) is 0 Å². The number of nitrogens with one attached hydrogen (secondary N) is 1.